The molecule has 7 nitrogen and oxygen atoms in total. The maximum absolute atomic E-state index is 9.93. The van der Waals surface area contributed by atoms with Crippen LogP contribution in [0.3, 0.4) is 0 Å². The van der Waals surface area contributed by atoms with Crippen LogP contribution in [-0.2, 0) is 21.0 Å². The van der Waals surface area contributed by atoms with Crippen molar-refractivity contribution in [2.24, 2.45) is 9.98 Å². The van der Waals surface area contributed by atoms with Crippen molar-refractivity contribution in [2.45, 2.75) is 0 Å². The third kappa shape index (κ3) is 6.02. The van der Waals surface area contributed by atoms with Crippen LogP contribution in [0.1, 0.15) is 11.1 Å². The zero-order valence-electron chi connectivity index (χ0n) is 14.5. The summed E-state index contributed by atoms with van der Waals surface area (Å²) in [6, 6.07) is 10.4. The van der Waals surface area contributed by atoms with E-state index in [0.29, 0.717) is 35.7 Å². The number of phenols is 2. The van der Waals surface area contributed by atoms with Crippen molar-refractivity contribution in [3.63, 3.8) is 0 Å². The Kier molecular flexibility index (Phi) is 9.75. The Labute approximate surface area is 161 Å². The van der Waals surface area contributed by atoms with Gasteiger partial charge >= 0.3 is 21.0 Å². The van der Waals surface area contributed by atoms with E-state index < -0.39 is 0 Å². The van der Waals surface area contributed by atoms with Crippen molar-refractivity contribution < 1.29 is 40.7 Å². The van der Waals surface area contributed by atoms with Crippen LogP contribution in [0.4, 0.5) is 0 Å². The van der Waals surface area contributed by atoms with Crippen molar-refractivity contribution in [3.8, 4) is 23.0 Å². The van der Waals surface area contributed by atoms with Gasteiger partial charge in [-0.05, 0) is 24.3 Å². The molecule has 0 heterocycles. The van der Waals surface area contributed by atoms with Crippen LogP contribution in [0.2, 0.25) is 0 Å². The van der Waals surface area contributed by atoms with E-state index in [4.69, 9.17) is 13.1 Å². The Morgan fingerprint density at radius 1 is 0.846 bits per heavy atom. The molecule has 26 heavy (non-hydrogen) atoms. The fourth-order valence-electron chi connectivity index (χ4n) is 2.06. The molecule has 0 bridgehead atoms. The Morgan fingerprint density at radius 3 is 1.58 bits per heavy atom. The van der Waals surface area contributed by atoms with Crippen molar-refractivity contribution in [3.05, 3.63) is 47.5 Å². The number of methoxy groups -OCH3 is 2. The molecule has 0 saturated heterocycles. The average molecular weight is 395 g/mol. The normalized spacial score (nSPS) is 10.5. The molecule has 0 atom stereocenters. The summed E-state index contributed by atoms with van der Waals surface area (Å²) in [6.07, 6.45) is 3.16. The second-order valence-electron chi connectivity index (χ2n) is 4.87. The van der Waals surface area contributed by atoms with E-state index in [9.17, 15) is 10.2 Å². The molecular formula is C18H20N2O5V. The molecule has 0 saturated carbocycles. The van der Waals surface area contributed by atoms with Gasteiger partial charge in [-0.1, -0.05) is 12.1 Å². The number of ether oxygens (including phenoxy) is 2. The van der Waals surface area contributed by atoms with Gasteiger partial charge in [0.1, 0.15) is 0 Å². The zero-order valence-corrected chi connectivity index (χ0v) is 15.9. The first-order valence-corrected chi connectivity index (χ1v) is 8.14. The van der Waals surface area contributed by atoms with E-state index in [-0.39, 0.29) is 11.5 Å². The fourth-order valence-corrected chi connectivity index (χ4v) is 2.06. The number of phenolic OH excluding ortho intramolecular Hbond substituents is 2. The van der Waals surface area contributed by atoms with Crippen LogP contribution in [0.5, 0.6) is 23.0 Å². The minimum atomic E-state index is 0.0635. The first-order valence-electron chi connectivity index (χ1n) is 7.57. The summed E-state index contributed by atoms with van der Waals surface area (Å²) in [5.41, 5.74) is 1.17. The van der Waals surface area contributed by atoms with Gasteiger partial charge in [0, 0.05) is 23.6 Å². The average Bonchev–Trinajstić information content (AvgIpc) is 2.68. The van der Waals surface area contributed by atoms with Gasteiger partial charge in [-0.15, -0.1) is 0 Å². The zero-order chi connectivity index (χ0) is 19.4. The van der Waals surface area contributed by atoms with E-state index in [0.717, 1.165) is 17.4 Å². The predicted molar refractivity (Wildman–Crippen MR) is 94.9 cm³/mol. The van der Waals surface area contributed by atoms with Crippen LogP contribution in [0, 0.1) is 0 Å². The molecule has 0 aliphatic carbocycles. The van der Waals surface area contributed by atoms with Crippen molar-refractivity contribution >= 4 is 12.4 Å². The molecule has 0 amide bonds. The molecular weight excluding hydrogens is 375 g/mol. The van der Waals surface area contributed by atoms with Gasteiger partial charge in [-0.2, -0.15) is 0 Å². The van der Waals surface area contributed by atoms with Gasteiger partial charge in [-0.3, -0.25) is 9.98 Å². The van der Waals surface area contributed by atoms with Crippen molar-refractivity contribution in [1.82, 2.24) is 0 Å². The van der Waals surface area contributed by atoms with Crippen LogP contribution in [0.15, 0.2) is 46.4 Å². The van der Waals surface area contributed by atoms with E-state index in [1.165, 1.54) is 14.2 Å². The summed E-state index contributed by atoms with van der Waals surface area (Å²) in [7, 11) is 3.00. The summed E-state index contributed by atoms with van der Waals surface area (Å²) in [4.78, 5) is 8.45. The number of nitrogens with zero attached hydrogens (tertiary/aromatic N) is 2. The molecule has 8 heteroatoms. The number of hydrogen-bond acceptors (Lipinski definition) is 7. The van der Waals surface area contributed by atoms with Gasteiger partial charge in [0.25, 0.3) is 0 Å². The number of rotatable bonds is 7. The predicted octanol–water partition coefficient (Wildman–Crippen LogP) is 2.53. The number of benzene rings is 2. The minimum absolute atomic E-state index is 0.0635. The molecule has 2 rings (SSSR count). The molecule has 0 aromatic heterocycles. The summed E-state index contributed by atoms with van der Waals surface area (Å²) in [6.45, 7) is 0.912. The Balaban J connectivity index is 0.00000163. The van der Waals surface area contributed by atoms with Crippen molar-refractivity contribution in [2.75, 3.05) is 27.3 Å². The standard InChI is InChI=1S/C18H20N2O4.O.V/c1-23-15-7-3-5-13(17(15)21)11-19-9-10-20-12-14-6-4-8-16(24-2)18(14)22;;/h3-8,11-12,21-22H,9-10H2,1-2H3;;. The monoisotopic (exact) mass is 395 g/mol. The molecule has 2 aromatic carbocycles. The number of aromatic hydroxyl groups is 2. The fraction of sp³-hybridized carbons (Fsp3) is 0.222. The van der Waals surface area contributed by atoms with E-state index in [1.807, 2.05) is 0 Å². The van der Waals surface area contributed by atoms with Crippen LogP contribution >= 0.6 is 0 Å². The van der Waals surface area contributed by atoms with Crippen molar-refractivity contribution in [1.29, 1.82) is 0 Å². The molecule has 0 unspecified atom stereocenters. The molecule has 0 spiro atoms. The van der Waals surface area contributed by atoms with Gasteiger partial charge < -0.3 is 19.7 Å². The SMILES string of the molecule is COc1cccc(C=NCCN=Cc2cccc(OC)c2O)c1O.[O]=[V]. The molecule has 0 radical (unpaired) electrons. The van der Waals surface area contributed by atoms with Gasteiger partial charge in [0.05, 0.1) is 27.3 Å². The second-order valence-corrected chi connectivity index (χ2v) is 4.87. The summed E-state index contributed by atoms with van der Waals surface area (Å²) in [5.74, 6) is 0.943. The quantitative estimate of drug-likeness (QED) is 0.554. The third-order valence-electron chi connectivity index (χ3n) is 3.32. The summed E-state index contributed by atoms with van der Waals surface area (Å²) in [5, 5.41) is 19.9. The van der Waals surface area contributed by atoms with Crippen LogP contribution in [-0.4, -0.2) is 50.0 Å². The first-order chi connectivity index (χ1) is 12.7. The Bertz CT molecular complexity index is 702. The van der Waals surface area contributed by atoms with E-state index >= 15 is 0 Å². The second kappa shape index (κ2) is 11.8. The number of aliphatic imine (C=N–C) groups is 2. The van der Waals surface area contributed by atoms with E-state index in [1.54, 1.807) is 48.8 Å². The topological polar surface area (TPSA) is 101 Å². The van der Waals surface area contributed by atoms with Gasteiger partial charge in [0.15, 0.2) is 23.0 Å². The molecule has 2 aromatic rings. The van der Waals surface area contributed by atoms with Crippen LogP contribution < -0.4 is 9.47 Å². The summed E-state index contributed by atoms with van der Waals surface area (Å²) >= 11 is 1.06. The number of para-hydroxylation sites is 2. The molecule has 2 N–H and O–H groups in total. The molecule has 0 aliphatic heterocycles. The Hall–Kier alpha value is -2.64. The van der Waals surface area contributed by atoms with E-state index in [2.05, 4.69) is 9.98 Å². The molecule has 0 fully saturated rings. The summed E-state index contributed by atoms with van der Waals surface area (Å²) < 4.78 is 18.3. The van der Waals surface area contributed by atoms with Gasteiger partial charge in [-0.25, -0.2) is 0 Å². The molecule has 137 valence electrons. The maximum atomic E-state index is 9.93. The molecule has 0 aliphatic rings. The third-order valence-corrected chi connectivity index (χ3v) is 3.32. The van der Waals surface area contributed by atoms with Crippen LogP contribution in [0.25, 0.3) is 0 Å². The van der Waals surface area contributed by atoms with Gasteiger partial charge in [0.2, 0.25) is 0 Å². The number of hydrogen-bond donors (Lipinski definition) is 2. The Morgan fingerprint density at radius 2 is 1.23 bits per heavy atom. The first kappa shape index (κ1) is 21.4.